The Morgan fingerprint density at radius 3 is 2.46 bits per heavy atom. The Morgan fingerprint density at radius 1 is 1.12 bits per heavy atom. The average molecular weight is 330 g/mol. The molecule has 1 amide bonds. The summed E-state index contributed by atoms with van der Waals surface area (Å²) >= 11 is 0. The van der Waals surface area contributed by atoms with Crippen LogP contribution in [0.5, 0.6) is 0 Å². The molecule has 1 atom stereocenters. The number of rotatable bonds is 3. The van der Waals surface area contributed by atoms with Gasteiger partial charge in [0.25, 0.3) is 0 Å². The van der Waals surface area contributed by atoms with Crippen LogP contribution in [0.15, 0.2) is 30.4 Å². The van der Waals surface area contributed by atoms with E-state index < -0.39 is 0 Å². The fraction of sp³-hybridized carbons (Fsp3) is 0.474. The van der Waals surface area contributed by atoms with Gasteiger partial charge in [-0.25, -0.2) is 4.39 Å². The number of allylic oxidation sites excluding steroid dienone is 2. The first-order valence-electron chi connectivity index (χ1n) is 8.55. The fourth-order valence-electron chi connectivity index (χ4n) is 3.43. The van der Waals surface area contributed by atoms with Crippen LogP contribution in [0.1, 0.15) is 36.5 Å². The molecular weight excluding hydrogens is 307 g/mol. The van der Waals surface area contributed by atoms with Crippen LogP contribution in [0.2, 0.25) is 0 Å². The van der Waals surface area contributed by atoms with Crippen molar-refractivity contribution in [3.63, 3.8) is 0 Å². The Kier molecular flexibility index (Phi) is 4.97. The summed E-state index contributed by atoms with van der Waals surface area (Å²) in [4.78, 5) is 27.7. The van der Waals surface area contributed by atoms with Crippen molar-refractivity contribution in [3.8, 4) is 0 Å². The number of halogens is 1. The number of carbonyl (C=O) groups is 2. The molecule has 1 unspecified atom stereocenters. The molecule has 5 heteroatoms. The van der Waals surface area contributed by atoms with Crippen LogP contribution < -0.4 is 4.90 Å². The lowest BCUT2D eigenvalue weighted by Crippen LogP contribution is -2.50. The van der Waals surface area contributed by atoms with Gasteiger partial charge in [0.15, 0.2) is 5.78 Å². The third kappa shape index (κ3) is 3.50. The highest BCUT2D eigenvalue weighted by molar-refractivity contribution is 5.94. The Morgan fingerprint density at radius 2 is 1.88 bits per heavy atom. The van der Waals surface area contributed by atoms with E-state index in [1.807, 2.05) is 9.80 Å². The van der Waals surface area contributed by atoms with Crippen molar-refractivity contribution in [2.24, 2.45) is 5.92 Å². The second-order valence-electron chi connectivity index (χ2n) is 6.52. The molecule has 0 saturated carbocycles. The van der Waals surface area contributed by atoms with E-state index in [9.17, 15) is 14.0 Å². The molecule has 0 spiro atoms. The van der Waals surface area contributed by atoms with E-state index in [1.165, 1.54) is 13.0 Å². The highest BCUT2D eigenvalue weighted by atomic mass is 19.1. The minimum atomic E-state index is -0.375. The van der Waals surface area contributed by atoms with E-state index in [1.54, 1.807) is 12.1 Å². The van der Waals surface area contributed by atoms with E-state index in [0.29, 0.717) is 37.4 Å². The summed E-state index contributed by atoms with van der Waals surface area (Å²) in [6.07, 6.45) is 6.96. The maximum absolute atomic E-state index is 14.3. The molecule has 24 heavy (non-hydrogen) atoms. The number of Topliss-reactive ketones (excluding diaryl/α,β-unsaturated/α-hetero) is 1. The number of carbonyl (C=O) groups excluding carboxylic acids is 2. The van der Waals surface area contributed by atoms with E-state index in [-0.39, 0.29) is 23.4 Å². The summed E-state index contributed by atoms with van der Waals surface area (Å²) < 4.78 is 14.3. The fourth-order valence-corrected chi connectivity index (χ4v) is 3.43. The molecule has 1 aromatic rings. The molecule has 1 aliphatic heterocycles. The highest BCUT2D eigenvalue weighted by Crippen LogP contribution is 2.25. The maximum Gasteiger partial charge on any atom is 0.226 e. The van der Waals surface area contributed by atoms with Crippen LogP contribution in [0.25, 0.3) is 0 Å². The van der Waals surface area contributed by atoms with Crippen molar-refractivity contribution in [1.29, 1.82) is 0 Å². The molecule has 3 rings (SSSR count). The van der Waals surface area contributed by atoms with E-state index in [4.69, 9.17) is 0 Å². The van der Waals surface area contributed by atoms with E-state index in [2.05, 4.69) is 12.2 Å². The van der Waals surface area contributed by atoms with E-state index in [0.717, 1.165) is 19.3 Å². The number of piperazine rings is 1. The summed E-state index contributed by atoms with van der Waals surface area (Å²) in [5.41, 5.74) is 0.892. The first-order valence-corrected chi connectivity index (χ1v) is 8.55. The van der Waals surface area contributed by atoms with Crippen LogP contribution in [-0.4, -0.2) is 42.8 Å². The van der Waals surface area contributed by atoms with Gasteiger partial charge in [0.05, 0.1) is 5.69 Å². The topological polar surface area (TPSA) is 40.6 Å². The zero-order valence-corrected chi connectivity index (χ0v) is 14.0. The lowest BCUT2D eigenvalue weighted by molar-refractivity contribution is -0.136. The molecule has 4 nitrogen and oxygen atoms in total. The van der Waals surface area contributed by atoms with Gasteiger partial charge in [0, 0.05) is 37.7 Å². The van der Waals surface area contributed by atoms with Gasteiger partial charge >= 0.3 is 0 Å². The van der Waals surface area contributed by atoms with Crippen LogP contribution in [0.3, 0.4) is 0 Å². The average Bonchev–Trinajstić information content (AvgIpc) is 2.62. The highest BCUT2D eigenvalue weighted by Gasteiger charge is 2.28. The number of amides is 1. The summed E-state index contributed by atoms with van der Waals surface area (Å²) in [7, 11) is 0. The Balaban J connectivity index is 1.61. The SMILES string of the molecule is CC(=O)c1ccc(N2CCN(C(=O)C3CC=CCC3)CC2)c(F)c1. The molecule has 0 radical (unpaired) electrons. The van der Waals surface area contributed by atoms with E-state index >= 15 is 0 Å². The first kappa shape index (κ1) is 16.7. The number of hydrogen-bond acceptors (Lipinski definition) is 3. The normalized spacial score (nSPS) is 21.0. The minimum Gasteiger partial charge on any atom is -0.366 e. The molecular formula is C19H23FN2O2. The van der Waals surface area contributed by atoms with Crippen LogP contribution in [-0.2, 0) is 4.79 Å². The predicted molar refractivity (Wildman–Crippen MR) is 91.7 cm³/mol. The second kappa shape index (κ2) is 7.16. The minimum absolute atomic E-state index is 0.105. The third-order valence-corrected chi connectivity index (χ3v) is 4.90. The molecule has 128 valence electrons. The van der Waals surface area contributed by atoms with Gasteiger partial charge in [-0.15, -0.1) is 0 Å². The summed E-state index contributed by atoms with van der Waals surface area (Å²) in [5.74, 6) is -0.183. The van der Waals surface area contributed by atoms with Crippen LogP contribution >= 0.6 is 0 Å². The third-order valence-electron chi connectivity index (χ3n) is 4.90. The Bertz CT molecular complexity index is 663. The Hall–Kier alpha value is -2.17. The van der Waals surface area contributed by atoms with Gasteiger partial charge in [-0.1, -0.05) is 12.2 Å². The maximum atomic E-state index is 14.3. The van der Waals surface area contributed by atoms with Crippen LogP contribution in [0.4, 0.5) is 10.1 Å². The van der Waals surface area contributed by atoms with Crippen LogP contribution in [0, 0.1) is 11.7 Å². The quantitative estimate of drug-likeness (QED) is 0.632. The largest absolute Gasteiger partial charge is 0.366 e. The molecule has 2 aliphatic rings. The monoisotopic (exact) mass is 330 g/mol. The summed E-state index contributed by atoms with van der Waals surface area (Å²) in [6, 6.07) is 4.62. The summed E-state index contributed by atoms with van der Waals surface area (Å²) in [5, 5.41) is 0. The number of nitrogens with zero attached hydrogens (tertiary/aromatic N) is 2. The number of benzene rings is 1. The van der Waals surface area contributed by atoms with Gasteiger partial charge in [-0.2, -0.15) is 0 Å². The van der Waals surface area contributed by atoms with Crippen molar-refractivity contribution < 1.29 is 14.0 Å². The predicted octanol–water partition coefficient (Wildman–Crippen LogP) is 3.03. The van der Waals surface area contributed by atoms with Gasteiger partial charge in [0.1, 0.15) is 5.82 Å². The molecule has 1 fully saturated rings. The van der Waals surface area contributed by atoms with Crippen molar-refractivity contribution in [2.75, 3.05) is 31.1 Å². The molecule has 1 aromatic carbocycles. The molecule has 1 saturated heterocycles. The number of hydrogen-bond donors (Lipinski definition) is 0. The van der Waals surface area contributed by atoms with Crippen molar-refractivity contribution >= 4 is 17.4 Å². The smallest absolute Gasteiger partial charge is 0.226 e. The molecule has 1 aliphatic carbocycles. The lowest BCUT2D eigenvalue weighted by atomic mass is 9.93. The summed E-state index contributed by atoms with van der Waals surface area (Å²) in [6.45, 7) is 3.90. The Labute approximate surface area is 141 Å². The van der Waals surface area contributed by atoms with Gasteiger partial charge in [0.2, 0.25) is 5.91 Å². The zero-order valence-electron chi connectivity index (χ0n) is 14.0. The van der Waals surface area contributed by atoms with Crippen molar-refractivity contribution in [1.82, 2.24) is 4.90 Å². The number of ketones is 1. The van der Waals surface area contributed by atoms with Crippen molar-refractivity contribution in [3.05, 3.63) is 41.7 Å². The molecule has 1 heterocycles. The first-order chi connectivity index (χ1) is 11.6. The second-order valence-corrected chi connectivity index (χ2v) is 6.52. The van der Waals surface area contributed by atoms with Crippen molar-refractivity contribution in [2.45, 2.75) is 26.2 Å². The lowest BCUT2D eigenvalue weighted by Gasteiger charge is -2.38. The van der Waals surface area contributed by atoms with Gasteiger partial charge in [-0.3, -0.25) is 9.59 Å². The molecule has 0 aromatic heterocycles. The molecule has 0 N–H and O–H groups in total. The standard InChI is InChI=1S/C19H23FN2O2/c1-14(23)16-7-8-18(17(20)13-16)21-9-11-22(12-10-21)19(24)15-5-3-2-4-6-15/h2-3,7-8,13,15H,4-6,9-12H2,1H3. The molecule has 0 bridgehead atoms. The van der Waals surface area contributed by atoms with Gasteiger partial charge in [-0.05, 0) is 44.4 Å². The van der Waals surface area contributed by atoms with Gasteiger partial charge < -0.3 is 9.80 Å². The zero-order chi connectivity index (χ0) is 17.1. The number of anilines is 1.